The summed E-state index contributed by atoms with van der Waals surface area (Å²) in [4.78, 5) is 31.2. The van der Waals surface area contributed by atoms with Crippen LogP contribution < -0.4 is 0 Å². The molecular formula is C9H6FNO5. The van der Waals surface area contributed by atoms with E-state index < -0.39 is 33.5 Å². The lowest BCUT2D eigenvalue weighted by molar-refractivity contribution is -0.385. The molecule has 7 heteroatoms. The fraction of sp³-hybridized carbons (Fsp3) is 0.111. The number of hydrogen-bond acceptors (Lipinski definition) is 5. The van der Waals surface area contributed by atoms with Gasteiger partial charge in [0.1, 0.15) is 11.4 Å². The van der Waals surface area contributed by atoms with Crippen molar-refractivity contribution < 1.29 is 23.6 Å². The van der Waals surface area contributed by atoms with E-state index in [1.54, 1.807) is 0 Å². The molecule has 0 radical (unpaired) electrons. The van der Waals surface area contributed by atoms with Crippen molar-refractivity contribution >= 4 is 17.9 Å². The van der Waals surface area contributed by atoms with E-state index in [9.17, 15) is 24.1 Å². The summed E-state index contributed by atoms with van der Waals surface area (Å²) in [6, 6.07) is 1.46. The zero-order chi connectivity index (χ0) is 12.3. The van der Waals surface area contributed by atoms with Gasteiger partial charge in [-0.2, -0.15) is 0 Å². The standard InChI is InChI=1S/C9H6FNO5/c1-16-9(13)7-3-6(11(14)15)2-5(4-12)8(7)10/h2-4H,1H3. The van der Waals surface area contributed by atoms with E-state index in [0.29, 0.717) is 6.07 Å². The van der Waals surface area contributed by atoms with Crippen molar-refractivity contribution in [2.24, 2.45) is 0 Å². The molecule has 0 aromatic heterocycles. The van der Waals surface area contributed by atoms with Gasteiger partial charge in [-0.1, -0.05) is 0 Å². The van der Waals surface area contributed by atoms with E-state index in [0.717, 1.165) is 13.2 Å². The average Bonchev–Trinajstić information content (AvgIpc) is 2.28. The highest BCUT2D eigenvalue weighted by molar-refractivity contribution is 5.93. The van der Waals surface area contributed by atoms with Gasteiger partial charge in [0, 0.05) is 12.1 Å². The van der Waals surface area contributed by atoms with Crippen LogP contribution >= 0.6 is 0 Å². The first-order valence-electron chi connectivity index (χ1n) is 4.02. The molecule has 0 aliphatic rings. The summed E-state index contributed by atoms with van der Waals surface area (Å²) in [6.07, 6.45) is 0.0920. The summed E-state index contributed by atoms with van der Waals surface area (Å²) in [7, 11) is 1.00. The Bertz CT molecular complexity index is 471. The minimum atomic E-state index is -1.13. The molecule has 0 amide bonds. The Balaban J connectivity index is 3.47. The number of methoxy groups -OCH3 is 1. The number of nitro groups is 1. The number of non-ortho nitro benzene ring substituents is 1. The molecule has 0 atom stereocenters. The van der Waals surface area contributed by atoms with E-state index >= 15 is 0 Å². The summed E-state index contributed by atoms with van der Waals surface area (Å²) in [5.74, 6) is -2.21. The molecule has 0 spiro atoms. The van der Waals surface area contributed by atoms with E-state index in [2.05, 4.69) is 4.74 Å². The number of ether oxygens (including phenoxy) is 1. The number of aldehydes is 1. The molecule has 0 aliphatic heterocycles. The molecule has 16 heavy (non-hydrogen) atoms. The van der Waals surface area contributed by atoms with Crippen molar-refractivity contribution in [2.75, 3.05) is 7.11 Å². The number of rotatable bonds is 3. The fourth-order valence-electron chi connectivity index (χ4n) is 1.08. The van der Waals surface area contributed by atoms with Crippen LogP contribution in [0.25, 0.3) is 0 Å². The predicted molar refractivity (Wildman–Crippen MR) is 49.8 cm³/mol. The molecular weight excluding hydrogens is 221 g/mol. The molecule has 0 saturated carbocycles. The van der Waals surface area contributed by atoms with Crippen LogP contribution in [-0.4, -0.2) is 24.3 Å². The topological polar surface area (TPSA) is 86.5 Å². The second-order valence-corrected chi connectivity index (χ2v) is 2.76. The summed E-state index contributed by atoms with van der Waals surface area (Å²) >= 11 is 0. The maximum Gasteiger partial charge on any atom is 0.341 e. The number of carbonyl (C=O) groups is 2. The summed E-state index contributed by atoms with van der Waals surface area (Å²) in [5, 5.41) is 10.5. The molecule has 0 unspecified atom stereocenters. The normalized spacial score (nSPS) is 9.62. The maximum absolute atomic E-state index is 13.4. The first kappa shape index (κ1) is 11.8. The van der Waals surface area contributed by atoms with E-state index in [1.807, 2.05) is 0 Å². The molecule has 0 saturated heterocycles. The van der Waals surface area contributed by atoms with Gasteiger partial charge in [-0.25, -0.2) is 9.18 Å². The largest absolute Gasteiger partial charge is 0.465 e. The van der Waals surface area contributed by atoms with Crippen molar-refractivity contribution in [1.29, 1.82) is 0 Å². The van der Waals surface area contributed by atoms with Gasteiger partial charge >= 0.3 is 5.97 Å². The van der Waals surface area contributed by atoms with Crippen molar-refractivity contribution in [2.45, 2.75) is 0 Å². The van der Waals surface area contributed by atoms with E-state index in [1.165, 1.54) is 0 Å². The Morgan fingerprint density at radius 3 is 2.62 bits per heavy atom. The number of nitro benzene ring substituents is 1. The Hall–Kier alpha value is -2.31. The van der Waals surface area contributed by atoms with Gasteiger partial charge in [0.25, 0.3) is 5.69 Å². The van der Waals surface area contributed by atoms with Crippen LogP contribution in [0.15, 0.2) is 12.1 Å². The third-order valence-corrected chi connectivity index (χ3v) is 1.83. The highest BCUT2D eigenvalue weighted by atomic mass is 19.1. The molecule has 1 aromatic carbocycles. The summed E-state index contributed by atoms with van der Waals surface area (Å²) in [5.41, 5.74) is -1.75. The van der Waals surface area contributed by atoms with Gasteiger partial charge < -0.3 is 4.74 Å². The fourth-order valence-corrected chi connectivity index (χ4v) is 1.08. The summed E-state index contributed by atoms with van der Waals surface area (Å²) < 4.78 is 17.6. The van der Waals surface area contributed by atoms with Gasteiger partial charge in [0.15, 0.2) is 6.29 Å². The SMILES string of the molecule is COC(=O)c1cc([N+](=O)[O-])cc(C=O)c1F. The monoisotopic (exact) mass is 227 g/mol. The number of nitrogens with zero attached hydrogens (tertiary/aromatic N) is 1. The van der Waals surface area contributed by atoms with Crippen LogP contribution in [0.5, 0.6) is 0 Å². The first-order valence-corrected chi connectivity index (χ1v) is 4.02. The molecule has 0 aliphatic carbocycles. The zero-order valence-electron chi connectivity index (χ0n) is 8.10. The van der Waals surface area contributed by atoms with Crippen LogP contribution in [0.3, 0.4) is 0 Å². The maximum atomic E-state index is 13.4. The Kier molecular flexibility index (Phi) is 3.29. The third-order valence-electron chi connectivity index (χ3n) is 1.83. The number of carbonyl (C=O) groups excluding carboxylic acids is 2. The Morgan fingerprint density at radius 2 is 2.19 bits per heavy atom. The zero-order valence-corrected chi connectivity index (χ0v) is 8.10. The van der Waals surface area contributed by atoms with Gasteiger partial charge in [-0.05, 0) is 0 Å². The molecule has 6 nitrogen and oxygen atoms in total. The van der Waals surface area contributed by atoms with E-state index in [4.69, 9.17) is 0 Å². The number of hydrogen-bond donors (Lipinski definition) is 0. The van der Waals surface area contributed by atoms with Gasteiger partial charge in [-0.15, -0.1) is 0 Å². The lowest BCUT2D eigenvalue weighted by Crippen LogP contribution is -2.08. The van der Waals surface area contributed by atoms with Gasteiger partial charge in [-0.3, -0.25) is 14.9 Å². The molecule has 1 aromatic rings. The number of benzene rings is 1. The molecule has 0 fully saturated rings. The van der Waals surface area contributed by atoms with Crippen LogP contribution in [0.1, 0.15) is 20.7 Å². The van der Waals surface area contributed by atoms with Crippen LogP contribution in [0.4, 0.5) is 10.1 Å². The van der Waals surface area contributed by atoms with Gasteiger partial charge in [0.2, 0.25) is 0 Å². The van der Waals surface area contributed by atoms with Crippen LogP contribution in [0, 0.1) is 15.9 Å². The van der Waals surface area contributed by atoms with Crippen LogP contribution in [0.2, 0.25) is 0 Å². The molecule has 0 N–H and O–H groups in total. The quantitative estimate of drug-likeness (QED) is 0.336. The smallest absolute Gasteiger partial charge is 0.341 e. The molecule has 84 valence electrons. The number of halogens is 1. The highest BCUT2D eigenvalue weighted by Gasteiger charge is 2.21. The second kappa shape index (κ2) is 4.47. The average molecular weight is 227 g/mol. The Morgan fingerprint density at radius 1 is 1.56 bits per heavy atom. The molecule has 0 bridgehead atoms. The third kappa shape index (κ3) is 2.02. The predicted octanol–water partition coefficient (Wildman–Crippen LogP) is 1.33. The highest BCUT2D eigenvalue weighted by Crippen LogP contribution is 2.21. The minimum absolute atomic E-state index is 0.0920. The minimum Gasteiger partial charge on any atom is -0.465 e. The molecule has 0 heterocycles. The lowest BCUT2D eigenvalue weighted by atomic mass is 10.1. The Labute approximate surface area is 88.8 Å². The van der Waals surface area contributed by atoms with Crippen LogP contribution in [-0.2, 0) is 4.74 Å². The number of esters is 1. The van der Waals surface area contributed by atoms with Gasteiger partial charge in [0.05, 0.1) is 17.6 Å². The second-order valence-electron chi connectivity index (χ2n) is 2.76. The lowest BCUT2D eigenvalue weighted by Gasteiger charge is -2.02. The van der Waals surface area contributed by atoms with Crippen molar-refractivity contribution in [1.82, 2.24) is 0 Å². The van der Waals surface area contributed by atoms with Crippen molar-refractivity contribution in [3.8, 4) is 0 Å². The van der Waals surface area contributed by atoms with Crippen molar-refractivity contribution in [3.05, 3.63) is 39.2 Å². The van der Waals surface area contributed by atoms with E-state index in [-0.39, 0.29) is 6.29 Å². The summed E-state index contributed by atoms with van der Waals surface area (Å²) in [6.45, 7) is 0. The van der Waals surface area contributed by atoms with Crippen molar-refractivity contribution in [3.63, 3.8) is 0 Å². The molecule has 1 rings (SSSR count). The first-order chi connectivity index (χ1) is 7.51.